The number of carbonyl (C=O) groups excluding carboxylic acids is 1. The molecular formula is C11H21NO3. The molecule has 1 saturated heterocycles. The van der Waals surface area contributed by atoms with Gasteiger partial charge in [-0.05, 0) is 26.7 Å². The lowest BCUT2D eigenvalue weighted by atomic mass is 10.0. The van der Waals surface area contributed by atoms with Crippen LogP contribution in [0.4, 0.5) is 0 Å². The van der Waals surface area contributed by atoms with E-state index in [2.05, 4.69) is 0 Å². The molecule has 4 nitrogen and oxygen atoms in total. The molecule has 88 valence electrons. The van der Waals surface area contributed by atoms with Crippen LogP contribution in [-0.4, -0.2) is 48.3 Å². The zero-order valence-corrected chi connectivity index (χ0v) is 9.77. The zero-order valence-electron chi connectivity index (χ0n) is 9.77. The maximum absolute atomic E-state index is 11.9. The molecule has 1 rings (SSSR count). The smallest absolute Gasteiger partial charge is 0.227 e. The van der Waals surface area contributed by atoms with Gasteiger partial charge in [0.05, 0.1) is 24.7 Å². The van der Waals surface area contributed by atoms with Gasteiger partial charge >= 0.3 is 0 Å². The minimum atomic E-state index is -0.348. The Morgan fingerprint density at radius 3 is 2.80 bits per heavy atom. The van der Waals surface area contributed by atoms with Gasteiger partial charge in [-0.2, -0.15) is 0 Å². The second kappa shape index (κ2) is 5.47. The highest BCUT2D eigenvalue weighted by Gasteiger charge is 2.30. The molecule has 1 N–H and O–H groups in total. The Morgan fingerprint density at radius 2 is 2.33 bits per heavy atom. The Hall–Kier alpha value is -0.610. The van der Waals surface area contributed by atoms with Gasteiger partial charge in [-0.3, -0.25) is 4.79 Å². The van der Waals surface area contributed by atoms with Crippen LogP contribution in [0.1, 0.15) is 26.7 Å². The van der Waals surface area contributed by atoms with Crippen molar-refractivity contribution in [2.75, 3.05) is 20.2 Å². The third-order valence-electron chi connectivity index (χ3n) is 2.81. The highest BCUT2D eigenvalue weighted by molar-refractivity contribution is 5.79. The number of carbonyl (C=O) groups is 1. The number of hydrogen-bond acceptors (Lipinski definition) is 3. The number of rotatable bonds is 4. The number of aliphatic hydroxyl groups excluding tert-OH is 1. The Labute approximate surface area is 91.2 Å². The van der Waals surface area contributed by atoms with Crippen molar-refractivity contribution in [1.29, 1.82) is 0 Å². The van der Waals surface area contributed by atoms with Gasteiger partial charge < -0.3 is 14.7 Å². The summed E-state index contributed by atoms with van der Waals surface area (Å²) in [5, 5.41) is 9.13. The summed E-state index contributed by atoms with van der Waals surface area (Å²) in [7, 11) is 1.79. The molecule has 1 aliphatic heterocycles. The predicted molar refractivity (Wildman–Crippen MR) is 57.5 cm³/mol. The van der Waals surface area contributed by atoms with Gasteiger partial charge in [-0.15, -0.1) is 0 Å². The first kappa shape index (κ1) is 12.5. The fraction of sp³-hybridized carbons (Fsp3) is 0.909. The van der Waals surface area contributed by atoms with Gasteiger partial charge in [0.25, 0.3) is 0 Å². The van der Waals surface area contributed by atoms with Crippen LogP contribution in [0.3, 0.4) is 0 Å². The highest BCUT2D eigenvalue weighted by Crippen LogP contribution is 2.20. The largest absolute Gasteiger partial charge is 0.393 e. The van der Waals surface area contributed by atoms with E-state index in [-0.39, 0.29) is 24.0 Å². The lowest BCUT2D eigenvalue weighted by Gasteiger charge is -2.20. The van der Waals surface area contributed by atoms with E-state index in [1.807, 2.05) is 6.92 Å². The van der Waals surface area contributed by atoms with Crippen molar-refractivity contribution in [2.24, 2.45) is 5.92 Å². The van der Waals surface area contributed by atoms with Crippen molar-refractivity contribution < 1.29 is 14.6 Å². The summed E-state index contributed by atoms with van der Waals surface area (Å²) in [6, 6.07) is 0. The summed E-state index contributed by atoms with van der Waals surface area (Å²) in [5.41, 5.74) is 0. The third kappa shape index (κ3) is 3.80. The zero-order chi connectivity index (χ0) is 11.4. The molecule has 1 heterocycles. The first-order valence-corrected chi connectivity index (χ1v) is 5.55. The minimum absolute atomic E-state index is 0.0130. The molecule has 0 aromatic heterocycles. The molecule has 15 heavy (non-hydrogen) atoms. The number of amides is 1. The normalized spacial score (nSPS) is 27.7. The summed E-state index contributed by atoms with van der Waals surface area (Å²) in [5.74, 6) is 0.152. The summed E-state index contributed by atoms with van der Waals surface area (Å²) in [4.78, 5) is 13.6. The van der Waals surface area contributed by atoms with E-state index in [0.29, 0.717) is 19.6 Å². The van der Waals surface area contributed by atoms with Crippen LogP contribution in [0, 0.1) is 5.92 Å². The highest BCUT2D eigenvalue weighted by atomic mass is 16.5. The standard InChI is InChI=1S/C11H21NO3/c1-8(13)4-5-12(3)11(14)10-6-9(2)15-7-10/h8-10,13H,4-7H2,1-3H3. The molecule has 0 radical (unpaired) electrons. The van der Waals surface area contributed by atoms with E-state index in [1.165, 1.54) is 0 Å². The van der Waals surface area contributed by atoms with Crippen LogP contribution in [0.25, 0.3) is 0 Å². The third-order valence-corrected chi connectivity index (χ3v) is 2.81. The van der Waals surface area contributed by atoms with Crippen LogP contribution >= 0.6 is 0 Å². The predicted octanol–water partition coefficient (Wildman–Crippen LogP) is 0.641. The summed E-state index contributed by atoms with van der Waals surface area (Å²) in [6.07, 6.45) is 1.30. The molecule has 3 unspecified atom stereocenters. The van der Waals surface area contributed by atoms with Gasteiger partial charge in [-0.1, -0.05) is 0 Å². The lowest BCUT2D eigenvalue weighted by molar-refractivity contribution is -0.134. The molecule has 0 spiro atoms. The van der Waals surface area contributed by atoms with E-state index in [1.54, 1.807) is 18.9 Å². The van der Waals surface area contributed by atoms with E-state index < -0.39 is 0 Å². The molecule has 1 amide bonds. The van der Waals surface area contributed by atoms with Crippen molar-refractivity contribution in [3.05, 3.63) is 0 Å². The van der Waals surface area contributed by atoms with Gasteiger partial charge in [0, 0.05) is 13.6 Å². The molecule has 0 aromatic carbocycles. The Balaban J connectivity index is 2.32. The van der Waals surface area contributed by atoms with Crippen LogP contribution < -0.4 is 0 Å². The lowest BCUT2D eigenvalue weighted by Crippen LogP contribution is -2.35. The van der Waals surface area contributed by atoms with Gasteiger partial charge in [-0.25, -0.2) is 0 Å². The van der Waals surface area contributed by atoms with Crippen LogP contribution in [-0.2, 0) is 9.53 Å². The maximum Gasteiger partial charge on any atom is 0.227 e. The van der Waals surface area contributed by atoms with Gasteiger partial charge in [0.15, 0.2) is 0 Å². The quantitative estimate of drug-likeness (QED) is 0.748. The second-order valence-corrected chi connectivity index (χ2v) is 4.47. The molecule has 0 aliphatic carbocycles. The monoisotopic (exact) mass is 215 g/mol. The van der Waals surface area contributed by atoms with E-state index in [0.717, 1.165) is 6.42 Å². The van der Waals surface area contributed by atoms with Crippen molar-refractivity contribution in [3.63, 3.8) is 0 Å². The average molecular weight is 215 g/mol. The number of nitrogens with zero attached hydrogens (tertiary/aromatic N) is 1. The minimum Gasteiger partial charge on any atom is -0.393 e. The number of hydrogen-bond donors (Lipinski definition) is 1. The Morgan fingerprint density at radius 1 is 1.67 bits per heavy atom. The second-order valence-electron chi connectivity index (χ2n) is 4.47. The molecule has 0 aromatic rings. The maximum atomic E-state index is 11.9. The van der Waals surface area contributed by atoms with Crippen molar-refractivity contribution >= 4 is 5.91 Å². The van der Waals surface area contributed by atoms with Crippen molar-refractivity contribution in [2.45, 2.75) is 38.9 Å². The molecule has 3 atom stereocenters. The van der Waals surface area contributed by atoms with Gasteiger partial charge in [0.2, 0.25) is 5.91 Å². The Kier molecular flexibility index (Phi) is 4.54. The van der Waals surface area contributed by atoms with Crippen molar-refractivity contribution in [3.8, 4) is 0 Å². The summed E-state index contributed by atoms with van der Waals surface area (Å²) in [6.45, 7) is 4.88. The molecule has 1 fully saturated rings. The number of aliphatic hydroxyl groups is 1. The van der Waals surface area contributed by atoms with Gasteiger partial charge in [0.1, 0.15) is 0 Å². The van der Waals surface area contributed by atoms with Crippen LogP contribution in [0.15, 0.2) is 0 Å². The topological polar surface area (TPSA) is 49.8 Å². The number of ether oxygens (including phenoxy) is 1. The molecule has 1 aliphatic rings. The van der Waals surface area contributed by atoms with Crippen molar-refractivity contribution in [1.82, 2.24) is 4.90 Å². The summed E-state index contributed by atoms with van der Waals surface area (Å²) >= 11 is 0. The van der Waals surface area contributed by atoms with E-state index in [4.69, 9.17) is 9.84 Å². The fourth-order valence-electron chi connectivity index (χ4n) is 1.79. The first-order valence-electron chi connectivity index (χ1n) is 5.55. The summed E-state index contributed by atoms with van der Waals surface area (Å²) < 4.78 is 5.37. The van der Waals surface area contributed by atoms with E-state index >= 15 is 0 Å². The average Bonchev–Trinajstić information content (AvgIpc) is 2.60. The van der Waals surface area contributed by atoms with Crippen LogP contribution in [0.2, 0.25) is 0 Å². The molecule has 0 saturated carbocycles. The fourth-order valence-corrected chi connectivity index (χ4v) is 1.79. The SMILES string of the molecule is CC(O)CCN(C)C(=O)C1COC(C)C1. The first-order chi connectivity index (χ1) is 7.00. The van der Waals surface area contributed by atoms with Crippen LogP contribution in [0.5, 0.6) is 0 Å². The Bertz CT molecular complexity index is 218. The molecule has 4 heteroatoms. The van der Waals surface area contributed by atoms with E-state index in [9.17, 15) is 4.79 Å². The molecule has 0 bridgehead atoms. The molecular weight excluding hydrogens is 194 g/mol.